The molecular formula is C16H19N3O4. The maximum Gasteiger partial charge on any atom is 0.322 e. The smallest absolute Gasteiger partial charge is 0.322 e. The number of H-pyrrole nitrogens is 1. The second-order valence-corrected chi connectivity index (χ2v) is 4.94. The van der Waals surface area contributed by atoms with Gasteiger partial charge in [0.1, 0.15) is 18.0 Å². The molecule has 7 heteroatoms. The molecule has 0 aliphatic heterocycles. The van der Waals surface area contributed by atoms with Gasteiger partial charge in [-0.3, -0.25) is 14.7 Å². The molecule has 0 atom stereocenters. The number of carbonyl (C=O) groups is 2. The van der Waals surface area contributed by atoms with Crippen molar-refractivity contribution in [2.75, 3.05) is 13.2 Å². The number of unbranched alkanes of at least 4 members (excludes halogenated alkanes) is 1. The lowest BCUT2D eigenvalue weighted by atomic mass is 10.1. The largest absolute Gasteiger partial charge is 0.493 e. The summed E-state index contributed by atoms with van der Waals surface area (Å²) in [4.78, 5) is 22.3. The highest BCUT2D eigenvalue weighted by atomic mass is 16.5. The van der Waals surface area contributed by atoms with Gasteiger partial charge in [-0.2, -0.15) is 5.10 Å². The van der Waals surface area contributed by atoms with Gasteiger partial charge in [0.05, 0.1) is 12.3 Å². The normalized spacial score (nSPS) is 10.3. The van der Waals surface area contributed by atoms with Crippen LogP contribution in [0.1, 0.15) is 30.3 Å². The van der Waals surface area contributed by atoms with Crippen LogP contribution < -0.4 is 10.1 Å². The standard InChI is InChI=1S/C16H19N3O4/c1-2-3-8-23-14-7-5-4-6-11(14)12-9-13(19-18-12)16(22)17-10-15(20)21/h4-7,9H,2-3,8,10H2,1H3,(H,17,22)(H,18,19)(H,20,21). The molecule has 0 spiro atoms. The number of hydrogen-bond acceptors (Lipinski definition) is 4. The van der Waals surface area contributed by atoms with Gasteiger partial charge in [-0.25, -0.2) is 0 Å². The van der Waals surface area contributed by atoms with E-state index in [-0.39, 0.29) is 5.69 Å². The van der Waals surface area contributed by atoms with Crippen LogP contribution in [-0.2, 0) is 4.79 Å². The first-order chi connectivity index (χ1) is 11.1. The zero-order valence-corrected chi connectivity index (χ0v) is 12.8. The van der Waals surface area contributed by atoms with Gasteiger partial charge in [0.15, 0.2) is 0 Å². The Labute approximate surface area is 133 Å². The summed E-state index contributed by atoms with van der Waals surface area (Å²) >= 11 is 0. The fraction of sp³-hybridized carbons (Fsp3) is 0.312. The molecule has 0 aliphatic carbocycles. The lowest BCUT2D eigenvalue weighted by Crippen LogP contribution is -2.29. The molecule has 0 radical (unpaired) electrons. The van der Waals surface area contributed by atoms with Crippen molar-refractivity contribution >= 4 is 11.9 Å². The summed E-state index contributed by atoms with van der Waals surface area (Å²) in [6.07, 6.45) is 2.00. The summed E-state index contributed by atoms with van der Waals surface area (Å²) in [7, 11) is 0. The fourth-order valence-electron chi connectivity index (χ4n) is 1.96. The number of para-hydroxylation sites is 1. The Morgan fingerprint density at radius 2 is 2.13 bits per heavy atom. The number of carboxylic acid groups (broad SMARTS) is 1. The number of benzene rings is 1. The van der Waals surface area contributed by atoms with Crippen LogP contribution in [0.3, 0.4) is 0 Å². The average Bonchev–Trinajstić information content (AvgIpc) is 3.03. The number of aromatic nitrogens is 2. The van der Waals surface area contributed by atoms with Crippen LogP contribution in [0.2, 0.25) is 0 Å². The van der Waals surface area contributed by atoms with Crippen LogP contribution in [-0.4, -0.2) is 40.3 Å². The highest BCUT2D eigenvalue weighted by molar-refractivity contribution is 5.95. The quantitative estimate of drug-likeness (QED) is 0.647. The summed E-state index contributed by atoms with van der Waals surface area (Å²) in [6.45, 7) is 2.26. The second-order valence-electron chi connectivity index (χ2n) is 4.94. The van der Waals surface area contributed by atoms with Crippen LogP contribution in [0.15, 0.2) is 30.3 Å². The number of ether oxygens (including phenoxy) is 1. The maximum absolute atomic E-state index is 11.8. The summed E-state index contributed by atoms with van der Waals surface area (Å²) in [5, 5.41) is 17.6. The number of amides is 1. The third kappa shape index (κ3) is 4.57. The molecule has 23 heavy (non-hydrogen) atoms. The van der Waals surface area contributed by atoms with E-state index in [1.807, 2.05) is 24.3 Å². The van der Waals surface area contributed by atoms with E-state index in [4.69, 9.17) is 9.84 Å². The molecule has 0 fully saturated rings. The zero-order valence-electron chi connectivity index (χ0n) is 12.8. The molecule has 0 aliphatic rings. The Bertz CT molecular complexity index is 681. The van der Waals surface area contributed by atoms with Gasteiger partial charge >= 0.3 is 5.97 Å². The van der Waals surface area contributed by atoms with Crippen LogP contribution >= 0.6 is 0 Å². The van der Waals surface area contributed by atoms with Gasteiger partial charge in [-0.05, 0) is 24.6 Å². The third-order valence-corrected chi connectivity index (χ3v) is 3.14. The highest BCUT2D eigenvalue weighted by Gasteiger charge is 2.14. The van der Waals surface area contributed by atoms with Crippen LogP contribution in [0.5, 0.6) is 5.75 Å². The summed E-state index contributed by atoms with van der Waals surface area (Å²) in [6, 6.07) is 9.01. The van der Waals surface area contributed by atoms with E-state index < -0.39 is 18.4 Å². The van der Waals surface area contributed by atoms with Crippen molar-refractivity contribution in [3.05, 3.63) is 36.0 Å². The van der Waals surface area contributed by atoms with Gasteiger partial charge < -0.3 is 15.2 Å². The Morgan fingerprint density at radius 1 is 1.35 bits per heavy atom. The van der Waals surface area contributed by atoms with Crippen molar-refractivity contribution in [1.82, 2.24) is 15.5 Å². The Morgan fingerprint density at radius 3 is 2.87 bits per heavy atom. The van der Waals surface area contributed by atoms with Gasteiger partial charge in [0.25, 0.3) is 5.91 Å². The second kappa shape index (κ2) is 7.98. The number of rotatable bonds is 8. The van der Waals surface area contributed by atoms with E-state index in [2.05, 4.69) is 22.4 Å². The molecule has 7 nitrogen and oxygen atoms in total. The van der Waals surface area contributed by atoms with E-state index in [1.165, 1.54) is 0 Å². The Balaban J connectivity index is 2.13. The predicted molar refractivity (Wildman–Crippen MR) is 84.4 cm³/mol. The van der Waals surface area contributed by atoms with Crippen LogP contribution in [0.25, 0.3) is 11.3 Å². The number of hydrogen-bond donors (Lipinski definition) is 3. The van der Waals surface area contributed by atoms with Crippen molar-refractivity contribution in [2.24, 2.45) is 0 Å². The summed E-state index contributed by atoms with van der Waals surface area (Å²) in [5.41, 5.74) is 1.54. The zero-order chi connectivity index (χ0) is 16.7. The molecule has 1 aromatic carbocycles. The van der Waals surface area contributed by atoms with Crippen molar-refractivity contribution in [1.29, 1.82) is 0 Å². The fourth-order valence-corrected chi connectivity index (χ4v) is 1.96. The number of nitrogens with zero attached hydrogens (tertiary/aromatic N) is 1. The van der Waals surface area contributed by atoms with E-state index >= 15 is 0 Å². The minimum Gasteiger partial charge on any atom is -0.493 e. The molecule has 1 aromatic heterocycles. The van der Waals surface area contributed by atoms with Gasteiger partial charge in [0, 0.05) is 5.56 Å². The van der Waals surface area contributed by atoms with Crippen molar-refractivity contribution < 1.29 is 19.4 Å². The monoisotopic (exact) mass is 317 g/mol. The van der Waals surface area contributed by atoms with Gasteiger partial charge in [0.2, 0.25) is 0 Å². The van der Waals surface area contributed by atoms with Crippen molar-refractivity contribution in [2.45, 2.75) is 19.8 Å². The molecule has 122 valence electrons. The molecular weight excluding hydrogens is 298 g/mol. The van der Waals surface area contributed by atoms with Crippen LogP contribution in [0, 0.1) is 0 Å². The number of carbonyl (C=O) groups excluding carboxylic acids is 1. The maximum atomic E-state index is 11.8. The molecule has 1 heterocycles. The number of aromatic amines is 1. The lowest BCUT2D eigenvalue weighted by Gasteiger charge is -2.09. The van der Waals surface area contributed by atoms with E-state index in [1.54, 1.807) is 6.07 Å². The molecule has 3 N–H and O–H groups in total. The summed E-state index contributed by atoms with van der Waals surface area (Å²) < 4.78 is 5.75. The molecule has 0 bridgehead atoms. The highest BCUT2D eigenvalue weighted by Crippen LogP contribution is 2.28. The Hall–Kier alpha value is -2.83. The predicted octanol–water partition coefficient (Wildman–Crippen LogP) is 2.07. The number of nitrogens with one attached hydrogen (secondary N) is 2. The van der Waals surface area contributed by atoms with Crippen molar-refractivity contribution in [3.63, 3.8) is 0 Å². The molecule has 0 unspecified atom stereocenters. The number of carboxylic acids is 1. The molecule has 0 saturated carbocycles. The third-order valence-electron chi connectivity index (χ3n) is 3.14. The van der Waals surface area contributed by atoms with Gasteiger partial charge in [-0.15, -0.1) is 0 Å². The molecule has 0 saturated heterocycles. The van der Waals surface area contributed by atoms with E-state index in [0.29, 0.717) is 18.1 Å². The Kier molecular flexibility index (Phi) is 5.74. The average molecular weight is 317 g/mol. The van der Waals surface area contributed by atoms with E-state index in [9.17, 15) is 9.59 Å². The first-order valence-electron chi connectivity index (χ1n) is 7.39. The van der Waals surface area contributed by atoms with Crippen LogP contribution in [0.4, 0.5) is 0 Å². The van der Waals surface area contributed by atoms with E-state index in [0.717, 1.165) is 18.4 Å². The first-order valence-corrected chi connectivity index (χ1v) is 7.39. The SMILES string of the molecule is CCCCOc1ccccc1-c1cc(C(=O)NCC(=O)O)[nH]n1. The molecule has 2 aromatic rings. The molecule has 1 amide bonds. The topological polar surface area (TPSA) is 104 Å². The van der Waals surface area contributed by atoms with Gasteiger partial charge in [-0.1, -0.05) is 25.5 Å². The minimum absolute atomic E-state index is 0.199. The number of aliphatic carboxylic acids is 1. The summed E-state index contributed by atoms with van der Waals surface area (Å²) in [5.74, 6) is -0.923. The molecule has 2 rings (SSSR count). The lowest BCUT2D eigenvalue weighted by molar-refractivity contribution is -0.135. The first kappa shape index (κ1) is 16.5. The minimum atomic E-state index is -1.10. The van der Waals surface area contributed by atoms with Crippen molar-refractivity contribution in [3.8, 4) is 17.0 Å².